The maximum Gasteiger partial charge on any atom is 0.169 e. The average Bonchev–Trinajstić information content (AvgIpc) is 2.46. The van der Waals surface area contributed by atoms with Crippen molar-refractivity contribution in [3.05, 3.63) is 29.6 Å². The molecule has 2 aliphatic rings. The highest BCUT2D eigenvalue weighted by atomic mass is 32.2. The number of Topliss-reactive ketones (excluding diaryl/α,β-unsaturated/α-hetero) is 1. The summed E-state index contributed by atoms with van der Waals surface area (Å²) in [5.41, 5.74) is 0.194. The van der Waals surface area contributed by atoms with E-state index < -0.39 is 5.82 Å². The molecule has 0 N–H and O–H groups in total. The van der Waals surface area contributed by atoms with E-state index in [2.05, 4.69) is 0 Å². The standard InChI is InChI=1S/C16H19FO2S/c1-19-11-5-6-15(17)14(9-11)16(18)10-7-12-3-2-4-13(8-10)20-12/h5-6,9-10,12-13H,2-4,7-8H2,1H3. The molecule has 0 aromatic heterocycles. The first kappa shape index (κ1) is 13.9. The molecule has 2 fully saturated rings. The summed E-state index contributed by atoms with van der Waals surface area (Å²) in [5.74, 6) is 0.0473. The number of thioether (sulfide) groups is 1. The Morgan fingerprint density at radius 1 is 1.30 bits per heavy atom. The van der Waals surface area contributed by atoms with E-state index in [-0.39, 0.29) is 17.3 Å². The summed E-state index contributed by atoms with van der Waals surface area (Å²) in [6.45, 7) is 0. The van der Waals surface area contributed by atoms with Crippen LogP contribution in [-0.2, 0) is 0 Å². The first-order valence-corrected chi connectivity index (χ1v) is 8.15. The van der Waals surface area contributed by atoms with Crippen LogP contribution >= 0.6 is 11.8 Å². The average molecular weight is 294 g/mol. The van der Waals surface area contributed by atoms with Gasteiger partial charge in [0.05, 0.1) is 12.7 Å². The SMILES string of the molecule is COc1ccc(F)c(C(=O)C2CC3CCCC(C2)S3)c1. The lowest BCUT2D eigenvalue weighted by Crippen LogP contribution is -2.33. The molecular formula is C16H19FO2S. The number of carbonyl (C=O) groups is 1. The quantitative estimate of drug-likeness (QED) is 0.786. The molecule has 2 heterocycles. The van der Waals surface area contributed by atoms with Crippen molar-refractivity contribution < 1.29 is 13.9 Å². The van der Waals surface area contributed by atoms with E-state index in [0.29, 0.717) is 16.2 Å². The molecule has 4 heteroatoms. The van der Waals surface area contributed by atoms with Gasteiger partial charge < -0.3 is 4.74 Å². The van der Waals surface area contributed by atoms with Gasteiger partial charge in [-0.3, -0.25) is 4.79 Å². The maximum absolute atomic E-state index is 13.9. The molecule has 0 amide bonds. The molecule has 1 aromatic carbocycles. The molecule has 20 heavy (non-hydrogen) atoms. The first-order chi connectivity index (χ1) is 9.67. The Kier molecular flexibility index (Phi) is 4.01. The topological polar surface area (TPSA) is 26.3 Å². The monoisotopic (exact) mass is 294 g/mol. The minimum atomic E-state index is -0.431. The number of benzene rings is 1. The van der Waals surface area contributed by atoms with E-state index >= 15 is 0 Å². The third kappa shape index (κ3) is 2.71. The van der Waals surface area contributed by atoms with Crippen LogP contribution in [0.3, 0.4) is 0 Å². The lowest BCUT2D eigenvalue weighted by atomic mass is 9.84. The fourth-order valence-electron chi connectivity index (χ4n) is 3.31. The van der Waals surface area contributed by atoms with Crippen LogP contribution in [0.5, 0.6) is 5.75 Å². The van der Waals surface area contributed by atoms with E-state index in [0.717, 1.165) is 12.8 Å². The van der Waals surface area contributed by atoms with Crippen molar-refractivity contribution in [1.82, 2.24) is 0 Å². The molecule has 2 atom stereocenters. The van der Waals surface area contributed by atoms with E-state index in [1.165, 1.54) is 38.5 Å². The number of hydrogen-bond acceptors (Lipinski definition) is 3. The third-order valence-electron chi connectivity index (χ3n) is 4.34. The number of ketones is 1. The molecule has 0 aliphatic carbocycles. The van der Waals surface area contributed by atoms with Gasteiger partial charge in [-0.2, -0.15) is 11.8 Å². The van der Waals surface area contributed by atoms with Crippen LogP contribution in [0.25, 0.3) is 0 Å². The Hall–Kier alpha value is -1.03. The molecule has 3 rings (SSSR count). The molecule has 0 spiro atoms. The zero-order chi connectivity index (χ0) is 14.1. The molecule has 1 aromatic rings. The molecule has 2 aliphatic heterocycles. The number of fused-ring (bicyclic) bond motifs is 2. The maximum atomic E-state index is 13.9. The fourth-order valence-corrected chi connectivity index (χ4v) is 5.15. The van der Waals surface area contributed by atoms with Crippen LogP contribution in [0, 0.1) is 11.7 Å². The van der Waals surface area contributed by atoms with Crippen molar-refractivity contribution in [1.29, 1.82) is 0 Å². The van der Waals surface area contributed by atoms with Gasteiger partial charge in [-0.25, -0.2) is 4.39 Å². The Balaban J connectivity index is 1.81. The van der Waals surface area contributed by atoms with Gasteiger partial charge >= 0.3 is 0 Å². The van der Waals surface area contributed by atoms with Crippen molar-refractivity contribution in [2.75, 3.05) is 7.11 Å². The second kappa shape index (κ2) is 5.76. The predicted molar refractivity (Wildman–Crippen MR) is 79.0 cm³/mol. The summed E-state index contributed by atoms with van der Waals surface area (Å²) >= 11 is 2.03. The Labute approximate surface area is 123 Å². The van der Waals surface area contributed by atoms with Crippen molar-refractivity contribution in [3.8, 4) is 5.75 Å². The molecule has 0 radical (unpaired) electrons. The van der Waals surface area contributed by atoms with Crippen LogP contribution < -0.4 is 4.74 Å². The lowest BCUT2D eigenvalue weighted by molar-refractivity contribution is 0.0892. The largest absolute Gasteiger partial charge is 0.497 e. The minimum absolute atomic E-state index is 0.0202. The summed E-state index contributed by atoms with van der Waals surface area (Å²) in [6.07, 6.45) is 5.47. The van der Waals surface area contributed by atoms with Gasteiger partial charge in [0.15, 0.2) is 5.78 Å². The second-order valence-corrected chi connectivity index (χ2v) is 7.29. The number of hydrogen-bond donors (Lipinski definition) is 0. The fraction of sp³-hybridized carbons (Fsp3) is 0.562. The number of ether oxygens (including phenoxy) is 1. The summed E-state index contributed by atoms with van der Waals surface area (Å²) in [7, 11) is 1.53. The second-order valence-electron chi connectivity index (χ2n) is 5.69. The van der Waals surface area contributed by atoms with Crippen molar-refractivity contribution in [2.24, 2.45) is 5.92 Å². The molecule has 2 unspecified atom stereocenters. The van der Waals surface area contributed by atoms with Crippen molar-refractivity contribution in [2.45, 2.75) is 42.6 Å². The van der Waals surface area contributed by atoms with Crippen molar-refractivity contribution in [3.63, 3.8) is 0 Å². The highest BCUT2D eigenvalue weighted by Crippen LogP contribution is 2.44. The number of halogens is 1. The first-order valence-electron chi connectivity index (χ1n) is 7.20. The molecule has 2 bridgehead atoms. The zero-order valence-electron chi connectivity index (χ0n) is 11.6. The highest BCUT2D eigenvalue weighted by Gasteiger charge is 2.36. The van der Waals surface area contributed by atoms with Gasteiger partial charge in [0, 0.05) is 16.4 Å². The Morgan fingerprint density at radius 2 is 2.00 bits per heavy atom. The summed E-state index contributed by atoms with van der Waals surface area (Å²) in [4.78, 5) is 12.6. The molecule has 0 saturated carbocycles. The van der Waals surface area contributed by atoms with Gasteiger partial charge in [0.25, 0.3) is 0 Å². The van der Waals surface area contributed by atoms with Gasteiger partial charge in [0.1, 0.15) is 11.6 Å². The normalized spacial score (nSPS) is 29.0. The van der Waals surface area contributed by atoms with Gasteiger partial charge in [-0.1, -0.05) is 6.42 Å². The van der Waals surface area contributed by atoms with Crippen LogP contribution in [0.15, 0.2) is 18.2 Å². The summed E-state index contributed by atoms with van der Waals surface area (Å²) in [5, 5.41) is 1.18. The Bertz CT molecular complexity index is 505. The zero-order valence-corrected chi connectivity index (χ0v) is 12.4. The molecule has 2 saturated heterocycles. The predicted octanol–water partition coefficient (Wildman–Crippen LogP) is 4.08. The Morgan fingerprint density at radius 3 is 2.65 bits per heavy atom. The third-order valence-corrected chi connectivity index (χ3v) is 5.97. The number of methoxy groups -OCH3 is 1. The van der Waals surface area contributed by atoms with Gasteiger partial charge in [-0.15, -0.1) is 0 Å². The van der Waals surface area contributed by atoms with E-state index in [1.807, 2.05) is 11.8 Å². The summed E-state index contributed by atoms with van der Waals surface area (Å²) < 4.78 is 19.0. The lowest BCUT2D eigenvalue weighted by Gasteiger charge is -2.38. The number of rotatable bonds is 3. The minimum Gasteiger partial charge on any atom is -0.497 e. The molecular weight excluding hydrogens is 275 g/mol. The van der Waals surface area contributed by atoms with Gasteiger partial charge in [0.2, 0.25) is 0 Å². The summed E-state index contributed by atoms with van der Waals surface area (Å²) in [6, 6.07) is 4.41. The number of carbonyl (C=O) groups excluding carboxylic acids is 1. The van der Waals surface area contributed by atoms with Crippen LogP contribution in [0.4, 0.5) is 4.39 Å². The van der Waals surface area contributed by atoms with E-state index in [9.17, 15) is 9.18 Å². The highest BCUT2D eigenvalue weighted by molar-refractivity contribution is 8.00. The van der Waals surface area contributed by atoms with Crippen LogP contribution in [0.1, 0.15) is 42.5 Å². The van der Waals surface area contributed by atoms with Gasteiger partial charge in [-0.05, 0) is 43.9 Å². The van der Waals surface area contributed by atoms with Crippen LogP contribution in [0.2, 0.25) is 0 Å². The van der Waals surface area contributed by atoms with Crippen LogP contribution in [-0.4, -0.2) is 23.4 Å². The van der Waals surface area contributed by atoms with Crippen molar-refractivity contribution >= 4 is 17.5 Å². The van der Waals surface area contributed by atoms with E-state index in [1.54, 1.807) is 6.07 Å². The molecule has 2 nitrogen and oxygen atoms in total. The molecule has 108 valence electrons. The smallest absolute Gasteiger partial charge is 0.169 e. The van der Waals surface area contributed by atoms with E-state index in [4.69, 9.17) is 4.74 Å².